The van der Waals surface area contributed by atoms with Crippen LogP contribution >= 0.6 is 15.9 Å². The van der Waals surface area contributed by atoms with Gasteiger partial charge in [-0.3, -0.25) is 4.79 Å². The first kappa shape index (κ1) is 32.2. The van der Waals surface area contributed by atoms with Crippen LogP contribution in [0, 0.1) is 11.3 Å². The first-order valence-electron chi connectivity index (χ1n) is 12.4. The van der Waals surface area contributed by atoms with E-state index in [4.69, 9.17) is 24.4 Å². The number of carbonyl (C=O) groups is 3. The van der Waals surface area contributed by atoms with Crippen molar-refractivity contribution in [2.45, 2.75) is 19.3 Å². The molecule has 0 saturated carbocycles. The Balaban J connectivity index is 1.54. The Morgan fingerprint density at radius 1 is 0.975 bits per heavy atom. The molecule has 2 rings (SSSR count). The number of hydrogen-bond acceptors (Lipinski definition) is 8. The highest BCUT2D eigenvalue weighted by Gasteiger charge is 2.18. The number of aryl methyl sites for hydroxylation is 1. The molecule has 214 valence electrons. The summed E-state index contributed by atoms with van der Waals surface area (Å²) in [6.45, 7) is 1.26. The number of imide groups is 1. The number of rotatable bonds is 17. The van der Waals surface area contributed by atoms with E-state index in [0.29, 0.717) is 35.8 Å². The zero-order valence-electron chi connectivity index (χ0n) is 21.8. The fraction of sp³-hybridized carbons (Fsp3) is 0.370. The van der Waals surface area contributed by atoms with E-state index in [1.807, 2.05) is 30.3 Å². The number of pyridine rings is 1. The Labute approximate surface area is 240 Å². The van der Waals surface area contributed by atoms with Gasteiger partial charge >= 0.3 is 12.2 Å². The number of nitrogens with zero attached hydrogens (tertiary/aromatic N) is 3. The predicted molar refractivity (Wildman–Crippen MR) is 148 cm³/mol. The molecule has 13 heteroatoms. The molecule has 0 aliphatic carbocycles. The standard InChI is InChI=1S/C27H31BrN4O8/c28-24-6-3-5-22(31-24)18-21(19-29)25(33)30-11-2-1-4-20-7-9-23(10-8-20)40-17-16-39-15-14-38-13-12-32(26(34)35)27(36)37/h3,5-10,18H,1-2,4,11-17H2,(H,30,33)(H,34,35)(H,36,37)/b21-18+. The van der Waals surface area contributed by atoms with Gasteiger partial charge in [0.2, 0.25) is 0 Å². The molecule has 2 aromatic rings. The lowest BCUT2D eigenvalue weighted by Gasteiger charge is -2.13. The summed E-state index contributed by atoms with van der Waals surface area (Å²) in [6.07, 6.45) is 0.813. The van der Waals surface area contributed by atoms with Crippen molar-refractivity contribution < 1.29 is 38.8 Å². The highest BCUT2D eigenvalue weighted by molar-refractivity contribution is 9.10. The average molecular weight is 619 g/mol. The van der Waals surface area contributed by atoms with Crippen molar-refractivity contribution in [1.82, 2.24) is 15.2 Å². The molecule has 0 radical (unpaired) electrons. The Bertz CT molecular complexity index is 1170. The normalized spacial score (nSPS) is 10.9. The van der Waals surface area contributed by atoms with Crippen molar-refractivity contribution in [3.05, 3.63) is 63.9 Å². The molecule has 0 unspecified atom stereocenters. The third-order valence-electron chi connectivity index (χ3n) is 5.28. The first-order chi connectivity index (χ1) is 19.3. The largest absolute Gasteiger partial charge is 0.491 e. The molecular weight excluding hydrogens is 588 g/mol. The maximum absolute atomic E-state index is 12.3. The van der Waals surface area contributed by atoms with Crippen molar-refractivity contribution >= 4 is 40.1 Å². The van der Waals surface area contributed by atoms with Gasteiger partial charge in [0.25, 0.3) is 5.91 Å². The van der Waals surface area contributed by atoms with Gasteiger partial charge in [0, 0.05) is 6.54 Å². The van der Waals surface area contributed by atoms with Gasteiger partial charge in [-0.25, -0.2) is 19.5 Å². The molecule has 0 bridgehead atoms. The van der Waals surface area contributed by atoms with Crippen molar-refractivity contribution in [1.29, 1.82) is 5.26 Å². The van der Waals surface area contributed by atoms with Crippen LogP contribution in [0.1, 0.15) is 24.1 Å². The number of benzene rings is 1. The van der Waals surface area contributed by atoms with E-state index in [0.717, 1.165) is 24.8 Å². The quantitative estimate of drug-likeness (QED) is 0.102. The summed E-state index contributed by atoms with van der Waals surface area (Å²) < 4.78 is 16.8. The fourth-order valence-electron chi connectivity index (χ4n) is 3.27. The number of nitrogens with one attached hydrogen (secondary N) is 1. The lowest BCUT2D eigenvalue weighted by molar-refractivity contribution is -0.117. The van der Waals surface area contributed by atoms with E-state index in [2.05, 4.69) is 26.2 Å². The van der Waals surface area contributed by atoms with Crippen molar-refractivity contribution in [2.24, 2.45) is 0 Å². The number of hydrogen-bond donors (Lipinski definition) is 3. The topological polar surface area (TPSA) is 171 Å². The van der Waals surface area contributed by atoms with Gasteiger partial charge in [0.1, 0.15) is 28.6 Å². The fourth-order valence-corrected chi connectivity index (χ4v) is 3.63. The summed E-state index contributed by atoms with van der Waals surface area (Å²) in [7, 11) is 0. The second-order valence-electron chi connectivity index (χ2n) is 8.20. The summed E-state index contributed by atoms with van der Waals surface area (Å²) in [4.78, 5) is 38.1. The van der Waals surface area contributed by atoms with E-state index in [9.17, 15) is 19.6 Å². The second kappa shape index (κ2) is 18.3. The number of halogens is 1. The lowest BCUT2D eigenvalue weighted by atomic mass is 10.1. The smallest absolute Gasteiger partial charge is 0.416 e. The summed E-state index contributed by atoms with van der Waals surface area (Å²) in [6, 6.07) is 14.9. The maximum atomic E-state index is 12.3. The predicted octanol–water partition coefficient (Wildman–Crippen LogP) is 3.96. The monoisotopic (exact) mass is 618 g/mol. The van der Waals surface area contributed by atoms with Crippen LogP contribution in [0.3, 0.4) is 0 Å². The number of aromatic nitrogens is 1. The van der Waals surface area contributed by atoms with E-state index in [1.54, 1.807) is 18.2 Å². The molecule has 1 heterocycles. The van der Waals surface area contributed by atoms with Gasteiger partial charge in [-0.05, 0) is 71.1 Å². The molecule has 1 aromatic carbocycles. The minimum Gasteiger partial charge on any atom is -0.491 e. The lowest BCUT2D eigenvalue weighted by Crippen LogP contribution is -2.37. The van der Waals surface area contributed by atoms with Crippen LogP contribution in [0.4, 0.5) is 9.59 Å². The third-order valence-corrected chi connectivity index (χ3v) is 5.73. The first-order valence-corrected chi connectivity index (χ1v) is 13.2. The van der Waals surface area contributed by atoms with Crippen LogP contribution in [-0.4, -0.2) is 84.3 Å². The van der Waals surface area contributed by atoms with Crippen LogP contribution in [-0.2, 0) is 20.7 Å². The summed E-state index contributed by atoms with van der Waals surface area (Å²) in [5, 5.41) is 29.5. The average Bonchev–Trinajstić information content (AvgIpc) is 2.92. The zero-order chi connectivity index (χ0) is 29.2. The molecule has 0 fully saturated rings. The number of nitriles is 1. The molecule has 0 aliphatic heterocycles. The maximum Gasteiger partial charge on any atom is 0.416 e. The summed E-state index contributed by atoms with van der Waals surface area (Å²) in [5.74, 6) is 0.277. The molecule has 3 amide bonds. The van der Waals surface area contributed by atoms with Crippen LogP contribution in [0.15, 0.2) is 52.6 Å². The van der Waals surface area contributed by atoms with Gasteiger partial charge in [0.05, 0.1) is 38.7 Å². The van der Waals surface area contributed by atoms with E-state index < -0.39 is 18.1 Å². The Morgan fingerprint density at radius 3 is 2.30 bits per heavy atom. The molecule has 0 atom stereocenters. The van der Waals surface area contributed by atoms with Gasteiger partial charge in [-0.1, -0.05) is 18.2 Å². The number of carbonyl (C=O) groups excluding carboxylic acids is 1. The van der Waals surface area contributed by atoms with Gasteiger partial charge in [-0.15, -0.1) is 0 Å². The molecule has 1 aromatic heterocycles. The highest BCUT2D eigenvalue weighted by atomic mass is 79.9. The van der Waals surface area contributed by atoms with Crippen LogP contribution < -0.4 is 10.1 Å². The SMILES string of the molecule is N#C/C(=C\c1cccc(Br)n1)C(=O)NCCCCc1ccc(OCCOCCOCCN(C(=O)O)C(=O)O)cc1. The molecule has 0 aliphatic rings. The van der Waals surface area contributed by atoms with E-state index >= 15 is 0 Å². The summed E-state index contributed by atoms with van der Waals surface area (Å²) in [5.41, 5.74) is 1.66. The van der Waals surface area contributed by atoms with E-state index in [-0.39, 0.29) is 36.8 Å². The molecule has 12 nitrogen and oxygen atoms in total. The molecule has 0 saturated heterocycles. The molecule has 40 heavy (non-hydrogen) atoms. The van der Waals surface area contributed by atoms with Crippen molar-refractivity contribution in [3.8, 4) is 11.8 Å². The minimum absolute atomic E-state index is 0.00180. The van der Waals surface area contributed by atoms with Crippen LogP contribution in [0.25, 0.3) is 6.08 Å². The van der Waals surface area contributed by atoms with E-state index in [1.165, 1.54) is 6.08 Å². The Hall–Kier alpha value is -3.99. The molecular formula is C27H31BrN4O8. The van der Waals surface area contributed by atoms with Gasteiger partial charge in [-0.2, -0.15) is 5.26 Å². The number of ether oxygens (including phenoxy) is 3. The third kappa shape index (κ3) is 12.7. The number of unbranched alkanes of at least 4 members (excludes halogenated alkanes) is 1. The van der Waals surface area contributed by atoms with Crippen LogP contribution in [0.5, 0.6) is 5.75 Å². The molecule has 3 N–H and O–H groups in total. The second-order valence-corrected chi connectivity index (χ2v) is 9.01. The Kier molecular flexibility index (Phi) is 14.8. The van der Waals surface area contributed by atoms with Crippen molar-refractivity contribution in [2.75, 3.05) is 46.1 Å². The van der Waals surface area contributed by atoms with Gasteiger partial charge < -0.3 is 29.7 Å². The molecule has 0 spiro atoms. The number of carboxylic acid groups (broad SMARTS) is 2. The number of amides is 3. The highest BCUT2D eigenvalue weighted by Crippen LogP contribution is 2.14. The summed E-state index contributed by atoms with van der Waals surface area (Å²) >= 11 is 3.26. The van der Waals surface area contributed by atoms with Crippen molar-refractivity contribution in [3.63, 3.8) is 0 Å². The van der Waals surface area contributed by atoms with Gasteiger partial charge in [0.15, 0.2) is 0 Å². The Morgan fingerprint density at radius 2 is 1.65 bits per heavy atom. The minimum atomic E-state index is -1.55. The van der Waals surface area contributed by atoms with Crippen LogP contribution in [0.2, 0.25) is 0 Å². The zero-order valence-corrected chi connectivity index (χ0v) is 23.3.